The van der Waals surface area contributed by atoms with Crippen LogP contribution in [-0.2, 0) is 15.8 Å². The molecule has 4 aliphatic carbocycles. The molecule has 1 unspecified atom stereocenters. The van der Waals surface area contributed by atoms with Gasteiger partial charge in [0.15, 0.2) is 0 Å². The van der Waals surface area contributed by atoms with Crippen LogP contribution in [0.25, 0.3) is 0 Å². The number of nitrogens with zero attached hydrogens (tertiary/aromatic N) is 1. The maximum Gasteiger partial charge on any atom is 0.416 e. The van der Waals surface area contributed by atoms with Crippen LogP contribution in [0.15, 0.2) is 18.2 Å². The summed E-state index contributed by atoms with van der Waals surface area (Å²) >= 11 is 0. The third-order valence-electron chi connectivity index (χ3n) is 7.16. The molecule has 0 aromatic heterocycles. The summed E-state index contributed by atoms with van der Waals surface area (Å²) in [5, 5.41) is 3.09. The van der Waals surface area contributed by atoms with Gasteiger partial charge < -0.3 is 5.32 Å². The molecule has 1 aromatic rings. The summed E-state index contributed by atoms with van der Waals surface area (Å²) in [7, 11) is 0. The highest BCUT2D eigenvalue weighted by Gasteiger charge is 2.68. The number of nitrogens with one attached hydrogen (secondary N) is 1. The Labute approximate surface area is 161 Å². The largest absolute Gasteiger partial charge is 0.416 e. The lowest BCUT2D eigenvalue weighted by Gasteiger charge is -2.42. The van der Waals surface area contributed by atoms with Gasteiger partial charge in [-0.3, -0.25) is 9.59 Å². The normalized spacial score (nSPS) is 36.0. The minimum atomic E-state index is -4.54. The third kappa shape index (κ3) is 2.44. The van der Waals surface area contributed by atoms with Crippen LogP contribution in [0.4, 0.5) is 24.5 Å². The molecule has 150 valence electrons. The number of halogens is 3. The van der Waals surface area contributed by atoms with Crippen molar-refractivity contribution in [3.05, 3.63) is 23.8 Å². The van der Waals surface area contributed by atoms with E-state index in [1.165, 1.54) is 6.07 Å². The summed E-state index contributed by atoms with van der Waals surface area (Å²) in [6, 6.07) is 3.22. The minimum absolute atomic E-state index is 0.0426. The Hall–Kier alpha value is -2.05. The zero-order valence-corrected chi connectivity index (χ0v) is 15.8. The number of hydrogen-bond acceptors (Lipinski definition) is 3. The maximum absolute atomic E-state index is 13.3. The average molecular weight is 392 g/mol. The fourth-order valence-corrected chi connectivity index (χ4v) is 6.10. The monoisotopic (exact) mass is 392 g/mol. The molecule has 1 N–H and O–H groups in total. The number of anilines is 2. The van der Waals surface area contributed by atoms with Crippen LogP contribution in [0.3, 0.4) is 0 Å². The summed E-state index contributed by atoms with van der Waals surface area (Å²) < 4.78 is 40.0. The number of carbonyl (C=O) groups excluding carboxylic acids is 2. The predicted molar refractivity (Wildman–Crippen MR) is 97.5 cm³/mol. The van der Waals surface area contributed by atoms with E-state index in [0.29, 0.717) is 17.5 Å². The molecule has 6 atom stereocenters. The number of alkyl halides is 3. The van der Waals surface area contributed by atoms with Gasteiger partial charge in [0.2, 0.25) is 11.8 Å². The zero-order valence-electron chi connectivity index (χ0n) is 15.8. The molecule has 1 saturated heterocycles. The molecule has 5 fully saturated rings. The lowest BCUT2D eigenvalue weighted by atomic mass is 9.59. The number of hydrogen-bond donors (Lipinski definition) is 1. The molecular weight excluding hydrogens is 369 g/mol. The third-order valence-corrected chi connectivity index (χ3v) is 7.16. The van der Waals surface area contributed by atoms with Crippen molar-refractivity contribution >= 4 is 23.2 Å². The van der Waals surface area contributed by atoms with E-state index in [1.807, 2.05) is 13.8 Å². The van der Waals surface area contributed by atoms with E-state index in [9.17, 15) is 22.8 Å². The van der Waals surface area contributed by atoms with E-state index in [1.54, 1.807) is 0 Å². The lowest BCUT2D eigenvalue weighted by molar-refractivity contribution is -0.137. The Morgan fingerprint density at radius 2 is 1.57 bits per heavy atom. The van der Waals surface area contributed by atoms with Gasteiger partial charge in [0.05, 0.1) is 28.8 Å². The average Bonchev–Trinajstić information content (AvgIpc) is 3.39. The van der Waals surface area contributed by atoms with Crippen molar-refractivity contribution in [2.45, 2.75) is 45.3 Å². The Bertz CT molecular complexity index is 832. The first kappa shape index (κ1) is 18.0. The molecule has 1 heterocycles. The molecule has 4 saturated carbocycles. The standard InChI is InChI=1S/C21H23F3N2O2/c1-9(2)25-15-6-3-10(21(22,23)24)7-16(15)26-19(27)17-11-4-5-12(14-8-13(11)14)18(17)20(26)28/h3,6-7,9,11-14,17-18,25H,4-5,8H2,1-2H3/t11-,12+,13-,14+,17-,18?/m0/s1. The Kier molecular flexibility index (Phi) is 3.69. The van der Waals surface area contributed by atoms with Crippen molar-refractivity contribution < 1.29 is 22.8 Å². The number of benzene rings is 1. The van der Waals surface area contributed by atoms with Crippen molar-refractivity contribution in [1.82, 2.24) is 0 Å². The van der Waals surface area contributed by atoms with Crippen molar-refractivity contribution in [2.24, 2.45) is 35.5 Å². The smallest absolute Gasteiger partial charge is 0.381 e. The second-order valence-electron chi connectivity index (χ2n) is 9.06. The summed E-state index contributed by atoms with van der Waals surface area (Å²) in [6.45, 7) is 3.73. The maximum atomic E-state index is 13.3. The number of amides is 2. The summed E-state index contributed by atoms with van der Waals surface area (Å²) in [5.74, 6) is 0.190. The van der Waals surface area contributed by atoms with E-state index in [2.05, 4.69) is 5.32 Å². The molecule has 5 aliphatic rings. The first-order valence-corrected chi connectivity index (χ1v) is 10.0. The zero-order chi connectivity index (χ0) is 20.0. The highest BCUT2D eigenvalue weighted by atomic mass is 19.4. The van der Waals surface area contributed by atoms with Crippen molar-refractivity contribution in [3.8, 4) is 0 Å². The predicted octanol–water partition coefficient (Wildman–Crippen LogP) is 4.31. The molecule has 0 radical (unpaired) electrons. The van der Waals surface area contributed by atoms with E-state index >= 15 is 0 Å². The number of rotatable bonds is 3. The molecule has 28 heavy (non-hydrogen) atoms. The van der Waals surface area contributed by atoms with Crippen LogP contribution < -0.4 is 10.2 Å². The second-order valence-corrected chi connectivity index (χ2v) is 9.06. The lowest BCUT2D eigenvalue weighted by Crippen LogP contribution is -2.43. The summed E-state index contributed by atoms with van der Waals surface area (Å²) in [4.78, 5) is 27.7. The first-order chi connectivity index (χ1) is 13.2. The molecule has 1 aromatic carbocycles. The van der Waals surface area contributed by atoms with Gasteiger partial charge in [-0.2, -0.15) is 13.2 Å². The van der Waals surface area contributed by atoms with Gasteiger partial charge in [-0.25, -0.2) is 4.90 Å². The number of carbonyl (C=O) groups is 2. The number of imide groups is 1. The second kappa shape index (κ2) is 5.74. The van der Waals surface area contributed by atoms with Crippen LogP contribution in [0.5, 0.6) is 0 Å². The Morgan fingerprint density at radius 1 is 1.00 bits per heavy atom. The molecule has 7 heteroatoms. The minimum Gasteiger partial charge on any atom is -0.381 e. The van der Waals surface area contributed by atoms with E-state index in [-0.39, 0.29) is 47.2 Å². The topological polar surface area (TPSA) is 49.4 Å². The highest BCUT2D eigenvalue weighted by Crippen LogP contribution is 2.68. The Morgan fingerprint density at radius 3 is 2.07 bits per heavy atom. The van der Waals surface area contributed by atoms with Crippen LogP contribution >= 0.6 is 0 Å². The van der Waals surface area contributed by atoms with Crippen LogP contribution in [0.1, 0.15) is 38.7 Å². The van der Waals surface area contributed by atoms with Crippen LogP contribution in [0, 0.1) is 35.5 Å². The SMILES string of the molecule is CC(C)Nc1ccc(C(F)(F)F)cc1N1C(=O)C2[C@@H](C1=O)[C@H]1CC[C@@H]2[C@H]2C[C@@H]12. The molecule has 2 amide bonds. The number of fused-ring (bicyclic) bond motifs is 1. The summed E-state index contributed by atoms with van der Waals surface area (Å²) in [5.41, 5.74) is -0.417. The summed E-state index contributed by atoms with van der Waals surface area (Å²) in [6.07, 6.45) is -1.52. The van der Waals surface area contributed by atoms with Gasteiger partial charge in [0, 0.05) is 6.04 Å². The van der Waals surface area contributed by atoms with Gasteiger partial charge >= 0.3 is 6.18 Å². The fourth-order valence-electron chi connectivity index (χ4n) is 6.10. The first-order valence-electron chi connectivity index (χ1n) is 10.0. The molecule has 0 spiro atoms. The molecular formula is C21H23F3N2O2. The highest BCUT2D eigenvalue weighted by molar-refractivity contribution is 6.23. The van der Waals surface area contributed by atoms with Crippen molar-refractivity contribution in [3.63, 3.8) is 0 Å². The van der Waals surface area contributed by atoms with E-state index in [0.717, 1.165) is 36.3 Å². The fraction of sp³-hybridized carbons (Fsp3) is 0.619. The van der Waals surface area contributed by atoms with Gasteiger partial charge in [-0.15, -0.1) is 0 Å². The van der Waals surface area contributed by atoms with Gasteiger partial charge in [-0.1, -0.05) is 0 Å². The van der Waals surface area contributed by atoms with Crippen LogP contribution in [0.2, 0.25) is 0 Å². The van der Waals surface area contributed by atoms with Gasteiger partial charge in [0.25, 0.3) is 0 Å². The van der Waals surface area contributed by atoms with Crippen molar-refractivity contribution in [1.29, 1.82) is 0 Å². The van der Waals surface area contributed by atoms with Crippen LogP contribution in [-0.4, -0.2) is 17.9 Å². The quantitative estimate of drug-likeness (QED) is 0.780. The molecule has 1 aliphatic heterocycles. The molecule has 4 nitrogen and oxygen atoms in total. The molecule has 6 rings (SSSR count). The van der Waals surface area contributed by atoms with E-state index in [4.69, 9.17) is 0 Å². The van der Waals surface area contributed by atoms with Gasteiger partial charge in [0.1, 0.15) is 0 Å². The van der Waals surface area contributed by atoms with Crippen molar-refractivity contribution in [2.75, 3.05) is 10.2 Å². The Balaban J connectivity index is 1.58. The van der Waals surface area contributed by atoms with E-state index < -0.39 is 11.7 Å². The van der Waals surface area contributed by atoms with Gasteiger partial charge in [-0.05, 0) is 75.0 Å². The molecule has 2 bridgehead atoms.